The van der Waals surface area contributed by atoms with Gasteiger partial charge >= 0.3 is 0 Å². The molecule has 1 saturated heterocycles. The minimum absolute atomic E-state index is 0.640. The Bertz CT molecular complexity index is 1090. The molecule has 5 rings (SSSR count). The van der Waals surface area contributed by atoms with Crippen molar-refractivity contribution in [2.24, 2.45) is 0 Å². The van der Waals surface area contributed by atoms with Crippen LogP contribution in [0, 0.1) is 0 Å². The number of piperazine rings is 1. The van der Waals surface area contributed by atoms with E-state index in [-0.39, 0.29) is 0 Å². The molecule has 1 fully saturated rings. The van der Waals surface area contributed by atoms with Crippen LogP contribution in [-0.4, -0.2) is 73.7 Å². The molecule has 0 saturated carbocycles. The third-order valence-electron chi connectivity index (χ3n) is 7.67. The number of nitrogens with zero attached hydrogens (tertiary/aromatic N) is 4. The Labute approximate surface area is 204 Å². The number of rotatable bonds is 8. The maximum atomic E-state index is 5.49. The lowest BCUT2D eigenvalue weighted by Crippen LogP contribution is -2.50. The van der Waals surface area contributed by atoms with Crippen LogP contribution in [0.5, 0.6) is 5.75 Å². The van der Waals surface area contributed by atoms with E-state index in [9.17, 15) is 0 Å². The van der Waals surface area contributed by atoms with Gasteiger partial charge in [0.25, 0.3) is 0 Å². The minimum atomic E-state index is 0.640. The van der Waals surface area contributed by atoms with Gasteiger partial charge in [-0.3, -0.25) is 9.80 Å². The molecule has 2 heterocycles. The van der Waals surface area contributed by atoms with Crippen LogP contribution < -0.4 is 9.64 Å². The Kier molecular flexibility index (Phi) is 7.31. The van der Waals surface area contributed by atoms with Crippen molar-refractivity contribution < 1.29 is 4.74 Å². The molecule has 1 aliphatic carbocycles. The van der Waals surface area contributed by atoms with Crippen molar-refractivity contribution in [2.45, 2.75) is 38.6 Å². The fourth-order valence-electron chi connectivity index (χ4n) is 5.73. The number of ether oxygens (including phenoxy) is 1. The Morgan fingerprint density at radius 1 is 1.00 bits per heavy atom. The van der Waals surface area contributed by atoms with Gasteiger partial charge < -0.3 is 9.64 Å². The largest absolute Gasteiger partial charge is 0.497 e. The highest BCUT2D eigenvalue weighted by atomic mass is 16.5. The minimum Gasteiger partial charge on any atom is -0.497 e. The number of fused-ring (bicyclic) bond motifs is 2. The molecule has 0 amide bonds. The molecule has 1 aliphatic heterocycles. The number of methoxy groups -OCH3 is 1. The Hall–Kier alpha value is -2.63. The number of benzene rings is 2. The molecule has 2 aliphatic rings. The first-order chi connectivity index (χ1) is 16.7. The van der Waals surface area contributed by atoms with E-state index >= 15 is 0 Å². The molecular formula is C29H38N4O. The van der Waals surface area contributed by atoms with Gasteiger partial charge in [-0.2, -0.15) is 0 Å². The molecule has 0 radical (unpaired) electrons. The van der Waals surface area contributed by atoms with Crippen molar-refractivity contribution in [3.8, 4) is 5.75 Å². The van der Waals surface area contributed by atoms with Gasteiger partial charge in [-0.1, -0.05) is 37.3 Å². The fourth-order valence-corrected chi connectivity index (χ4v) is 5.73. The smallest absolute Gasteiger partial charge is 0.136 e. The van der Waals surface area contributed by atoms with Crippen molar-refractivity contribution in [1.82, 2.24) is 14.8 Å². The topological polar surface area (TPSA) is 31.8 Å². The molecule has 1 aromatic heterocycles. The SMILES string of the molecule is CCCN(CCN1CCN(c2nccc3ccccc23)CC1)C1CCc2ccc(OC)cc2C1. The predicted octanol–water partition coefficient (Wildman–Crippen LogP) is 4.63. The summed E-state index contributed by atoms with van der Waals surface area (Å²) in [6.45, 7) is 10.1. The molecule has 1 unspecified atom stereocenters. The number of anilines is 1. The van der Waals surface area contributed by atoms with Gasteiger partial charge in [-0.25, -0.2) is 4.98 Å². The first kappa shape index (κ1) is 23.1. The van der Waals surface area contributed by atoms with Gasteiger partial charge in [0.15, 0.2) is 0 Å². The molecule has 180 valence electrons. The standard InChI is InChI=1S/C29H38N4O/c1-3-14-32(26-10-8-23-9-11-27(34-2)22-25(23)21-26)18-15-31-16-19-33(20-17-31)29-28-7-5-4-6-24(28)12-13-30-29/h4-7,9,11-13,22,26H,3,8,10,14-21H2,1-2H3. The average Bonchev–Trinajstić information content (AvgIpc) is 2.90. The Morgan fingerprint density at radius 2 is 1.85 bits per heavy atom. The van der Waals surface area contributed by atoms with Crippen LogP contribution in [0.2, 0.25) is 0 Å². The second-order valence-corrected chi connectivity index (χ2v) is 9.75. The summed E-state index contributed by atoms with van der Waals surface area (Å²) < 4.78 is 5.49. The molecule has 0 N–H and O–H groups in total. The maximum absolute atomic E-state index is 5.49. The summed E-state index contributed by atoms with van der Waals surface area (Å²) in [5.74, 6) is 2.13. The first-order valence-corrected chi connectivity index (χ1v) is 13.0. The second-order valence-electron chi connectivity index (χ2n) is 9.75. The maximum Gasteiger partial charge on any atom is 0.136 e. The van der Waals surface area contributed by atoms with Gasteiger partial charge in [0.1, 0.15) is 11.6 Å². The number of hydrogen-bond acceptors (Lipinski definition) is 5. The highest BCUT2D eigenvalue weighted by Crippen LogP contribution is 2.28. The van der Waals surface area contributed by atoms with Gasteiger partial charge in [-0.15, -0.1) is 0 Å². The number of hydrogen-bond donors (Lipinski definition) is 0. The van der Waals surface area contributed by atoms with E-state index in [0.29, 0.717) is 6.04 Å². The number of pyridine rings is 1. The third kappa shape index (κ3) is 5.06. The normalized spacial score (nSPS) is 18.9. The van der Waals surface area contributed by atoms with Gasteiger partial charge in [0.05, 0.1) is 7.11 Å². The number of aryl methyl sites for hydroxylation is 1. The lowest BCUT2D eigenvalue weighted by Gasteiger charge is -2.39. The summed E-state index contributed by atoms with van der Waals surface area (Å²) in [4.78, 5) is 12.6. The monoisotopic (exact) mass is 458 g/mol. The van der Waals surface area contributed by atoms with Gasteiger partial charge in [-0.05, 0) is 66.9 Å². The molecule has 2 aromatic carbocycles. The van der Waals surface area contributed by atoms with E-state index in [2.05, 4.69) is 70.2 Å². The van der Waals surface area contributed by atoms with Crippen LogP contribution in [0.1, 0.15) is 30.9 Å². The summed E-state index contributed by atoms with van der Waals surface area (Å²) in [6, 6.07) is 18.0. The summed E-state index contributed by atoms with van der Waals surface area (Å²) in [7, 11) is 1.77. The zero-order chi connectivity index (χ0) is 23.3. The van der Waals surface area contributed by atoms with E-state index in [0.717, 1.165) is 57.3 Å². The van der Waals surface area contributed by atoms with Crippen LogP contribution >= 0.6 is 0 Å². The van der Waals surface area contributed by atoms with Crippen LogP contribution in [0.3, 0.4) is 0 Å². The summed E-state index contributed by atoms with van der Waals surface area (Å²) in [6.07, 6.45) is 6.75. The average molecular weight is 459 g/mol. The fraction of sp³-hybridized carbons (Fsp3) is 0.483. The quantitative estimate of drug-likeness (QED) is 0.491. The van der Waals surface area contributed by atoms with E-state index in [1.165, 1.54) is 47.7 Å². The van der Waals surface area contributed by atoms with Crippen LogP contribution in [0.25, 0.3) is 10.8 Å². The highest BCUT2D eigenvalue weighted by molar-refractivity contribution is 5.92. The highest BCUT2D eigenvalue weighted by Gasteiger charge is 2.26. The summed E-state index contributed by atoms with van der Waals surface area (Å²) in [5.41, 5.74) is 2.99. The van der Waals surface area contributed by atoms with E-state index < -0.39 is 0 Å². The lowest BCUT2D eigenvalue weighted by atomic mass is 9.87. The van der Waals surface area contributed by atoms with Crippen LogP contribution in [0.4, 0.5) is 5.82 Å². The predicted molar refractivity (Wildman–Crippen MR) is 141 cm³/mol. The van der Waals surface area contributed by atoms with Crippen molar-refractivity contribution in [1.29, 1.82) is 0 Å². The van der Waals surface area contributed by atoms with E-state index in [4.69, 9.17) is 9.72 Å². The van der Waals surface area contributed by atoms with Gasteiger partial charge in [0, 0.05) is 56.9 Å². The van der Waals surface area contributed by atoms with Crippen molar-refractivity contribution in [3.05, 3.63) is 65.9 Å². The molecule has 1 atom stereocenters. The van der Waals surface area contributed by atoms with Crippen LogP contribution in [-0.2, 0) is 12.8 Å². The molecule has 0 bridgehead atoms. The zero-order valence-corrected chi connectivity index (χ0v) is 20.7. The molecule has 5 heteroatoms. The summed E-state index contributed by atoms with van der Waals surface area (Å²) in [5, 5.41) is 2.54. The second kappa shape index (κ2) is 10.7. The van der Waals surface area contributed by atoms with Crippen LogP contribution in [0.15, 0.2) is 54.7 Å². The van der Waals surface area contributed by atoms with Crippen molar-refractivity contribution in [2.75, 3.05) is 57.8 Å². The summed E-state index contributed by atoms with van der Waals surface area (Å²) >= 11 is 0. The molecular weight excluding hydrogens is 420 g/mol. The number of aromatic nitrogens is 1. The van der Waals surface area contributed by atoms with Gasteiger partial charge in [0.2, 0.25) is 0 Å². The van der Waals surface area contributed by atoms with Crippen molar-refractivity contribution >= 4 is 16.6 Å². The molecule has 3 aromatic rings. The van der Waals surface area contributed by atoms with Crippen molar-refractivity contribution in [3.63, 3.8) is 0 Å². The molecule has 0 spiro atoms. The zero-order valence-electron chi connectivity index (χ0n) is 20.7. The van der Waals surface area contributed by atoms with E-state index in [1.54, 1.807) is 7.11 Å². The molecule has 5 nitrogen and oxygen atoms in total. The third-order valence-corrected chi connectivity index (χ3v) is 7.67. The molecule has 34 heavy (non-hydrogen) atoms. The first-order valence-electron chi connectivity index (χ1n) is 13.0. The van der Waals surface area contributed by atoms with E-state index in [1.807, 2.05) is 6.20 Å². The Balaban J connectivity index is 1.17. The lowest BCUT2D eigenvalue weighted by molar-refractivity contribution is 0.145. The Morgan fingerprint density at radius 3 is 2.68 bits per heavy atom.